The summed E-state index contributed by atoms with van der Waals surface area (Å²) >= 11 is 0. The Morgan fingerprint density at radius 3 is 2.71 bits per heavy atom. The van der Waals surface area contributed by atoms with Gasteiger partial charge in [-0.3, -0.25) is 0 Å². The number of para-hydroxylation sites is 1. The molecule has 1 fully saturated rings. The summed E-state index contributed by atoms with van der Waals surface area (Å²) in [5.74, 6) is 1.03. The van der Waals surface area contributed by atoms with Crippen LogP contribution in [0.1, 0.15) is 24.9 Å². The number of hydrogen-bond donors (Lipinski definition) is 1. The standard InChI is InChI=1S/C12H17NO3S/c1-9(13)11-4-2-3-5-12(11)16-10-6-7-17(14,15)8-10/h2-5,9-10H,6-8,13H2,1H3. The molecule has 2 rings (SSSR count). The van der Waals surface area contributed by atoms with Crippen molar-refractivity contribution >= 4 is 9.84 Å². The molecule has 2 atom stereocenters. The summed E-state index contributed by atoms with van der Waals surface area (Å²) in [6.07, 6.45) is 0.329. The van der Waals surface area contributed by atoms with Gasteiger partial charge in [-0.15, -0.1) is 0 Å². The maximum Gasteiger partial charge on any atom is 0.154 e. The number of hydrogen-bond acceptors (Lipinski definition) is 4. The summed E-state index contributed by atoms with van der Waals surface area (Å²) < 4.78 is 28.4. The largest absolute Gasteiger partial charge is 0.489 e. The zero-order valence-electron chi connectivity index (χ0n) is 9.80. The monoisotopic (exact) mass is 255 g/mol. The van der Waals surface area contributed by atoms with E-state index in [9.17, 15) is 8.42 Å². The van der Waals surface area contributed by atoms with Gasteiger partial charge in [0.2, 0.25) is 0 Å². The third-order valence-electron chi connectivity index (χ3n) is 2.89. The molecule has 0 aliphatic carbocycles. The molecule has 1 aliphatic heterocycles. The number of rotatable bonds is 3. The zero-order chi connectivity index (χ0) is 12.5. The van der Waals surface area contributed by atoms with Crippen molar-refractivity contribution in [1.82, 2.24) is 0 Å². The van der Waals surface area contributed by atoms with Gasteiger partial charge in [0.1, 0.15) is 11.9 Å². The van der Waals surface area contributed by atoms with Crippen LogP contribution in [0.15, 0.2) is 24.3 Å². The Kier molecular flexibility index (Phi) is 3.40. The first-order valence-electron chi connectivity index (χ1n) is 5.69. The lowest BCUT2D eigenvalue weighted by Gasteiger charge is -2.17. The van der Waals surface area contributed by atoms with Crippen LogP contribution in [0.3, 0.4) is 0 Å². The van der Waals surface area contributed by atoms with E-state index in [4.69, 9.17) is 10.5 Å². The molecular formula is C12H17NO3S. The third kappa shape index (κ3) is 2.98. The predicted octanol–water partition coefficient (Wildman–Crippen LogP) is 1.27. The molecule has 0 amide bonds. The lowest BCUT2D eigenvalue weighted by molar-refractivity contribution is 0.226. The second-order valence-corrected chi connectivity index (χ2v) is 6.70. The Bertz CT molecular complexity index is 496. The average molecular weight is 255 g/mol. The highest BCUT2D eigenvalue weighted by Gasteiger charge is 2.29. The Balaban J connectivity index is 2.14. The van der Waals surface area contributed by atoms with E-state index in [-0.39, 0.29) is 23.7 Å². The van der Waals surface area contributed by atoms with Crippen LogP contribution in [0, 0.1) is 0 Å². The molecule has 94 valence electrons. The Morgan fingerprint density at radius 2 is 2.12 bits per heavy atom. The molecule has 1 saturated heterocycles. The van der Waals surface area contributed by atoms with Crippen molar-refractivity contribution in [2.75, 3.05) is 11.5 Å². The Hall–Kier alpha value is -1.07. The van der Waals surface area contributed by atoms with Gasteiger partial charge in [-0.05, 0) is 19.4 Å². The molecule has 1 aliphatic rings. The van der Waals surface area contributed by atoms with Crippen molar-refractivity contribution < 1.29 is 13.2 Å². The second kappa shape index (κ2) is 4.66. The van der Waals surface area contributed by atoms with Gasteiger partial charge in [-0.1, -0.05) is 18.2 Å². The molecule has 4 nitrogen and oxygen atoms in total. The molecule has 2 N–H and O–H groups in total. The smallest absolute Gasteiger partial charge is 0.154 e. The maximum absolute atomic E-state index is 11.3. The molecule has 5 heteroatoms. The molecule has 1 aromatic carbocycles. The molecule has 17 heavy (non-hydrogen) atoms. The average Bonchev–Trinajstić information content (AvgIpc) is 2.58. The number of benzene rings is 1. The molecule has 1 aromatic rings. The first-order chi connectivity index (χ1) is 7.98. The van der Waals surface area contributed by atoms with E-state index in [0.29, 0.717) is 12.2 Å². The zero-order valence-corrected chi connectivity index (χ0v) is 10.6. The summed E-state index contributed by atoms with van der Waals surface area (Å²) in [5.41, 5.74) is 6.76. The molecule has 0 saturated carbocycles. The van der Waals surface area contributed by atoms with Gasteiger partial charge in [-0.25, -0.2) is 8.42 Å². The molecule has 0 spiro atoms. The second-order valence-electron chi connectivity index (χ2n) is 4.47. The number of ether oxygens (including phenoxy) is 1. The van der Waals surface area contributed by atoms with E-state index in [2.05, 4.69) is 0 Å². The maximum atomic E-state index is 11.3. The van der Waals surface area contributed by atoms with Crippen LogP contribution < -0.4 is 10.5 Å². The lowest BCUT2D eigenvalue weighted by atomic mass is 10.1. The van der Waals surface area contributed by atoms with Crippen molar-refractivity contribution in [2.24, 2.45) is 5.73 Å². The van der Waals surface area contributed by atoms with Crippen LogP contribution in [0.4, 0.5) is 0 Å². The van der Waals surface area contributed by atoms with Crippen LogP contribution in [0.2, 0.25) is 0 Å². The fourth-order valence-electron chi connectivity index (χ4n) is 2.00. The quantitative estimate of drug-likeness (QED) is 0.883. The molecule has 0 aromatic heterocycles. The van der Waals surface area contributed by atoms with E-state index in [0.717, 1.165) is 5.56 Å². The van der Waals surface area contributed by atoms with E-state index in [1.54, 1.807) is 0 Å². The highest BCUT2D eigenvalue weighted by atomic mass is 32.2. The number of nitrogens with two attached hydrogens (primary N) is 1. The van der Waals surface area contributed by atoms with Crippen molar-refractivity contribution in [3.63, 3.8) is 0 Å². The Morgan fingerprint density at radius 1 is 1.41 bits per heavy atom. The van der Waals surface area contributed by atoms with Crippen LogP contribution in [0.5, 0.6) is 5.75 Å². The lowest BCUT2D eigenvalue weighted by Crippen LogP contribution is -2.19. The van der Waals surface area contributed by atoms with Gasteiger partial charge in [0, 0.05) is 11.6 Å². The summed E-state index contributed by atoms with van der Waals surface area (Å²) in [4.78, 5) is 0. The fourth-order valence-corrected chi connectivity index (χ4v) is 3.59. The Labute approximate surface area is 102 Å². The van der Waals surface area contributed by atoms with E-state index >= 15 is 0 Å². The van der Waals surface area contributed by atoms with Crippen LogP contribution in [-0.4, -0.2) is 26.0 Å². The van der Waals surface area contributed by atoms with Gasteiger partial charge in [0.15, 0.2) is 9.84 Å². The third-order valence-corrected chi connectivity index (χ3v) is 4.63. The summed E-state index contributed by atoms with van der Waals surface area (Å²) in [5, 5.41) is 0. The topological polar surface area (TPSA) is 69.4 Å². The van der Waals surface area contributed by atoms with Crippen molar-refractivity contribution in [2.45, 2.75) is 25.5 Å². The van der Waals surface area contributed by atoms with Gasteiger partial charge < -0.3 is 10.5 Å². The SMILES string of the molecule is CC(N)c1ccccc1OC1CCS(=O)(=O)C1. The van der Waals surface area contributed by atoms with Gasteiger partial charge >= 0.3 is 0 Å². The van der Waals surface area contributed by atoms with Crippen molar-refractivity contribution in [3.05, 3.63) is 29.8 Å². The fraction of sp³-hybridized carbons (Fsp3) is 0.500. The van der Waals surface area contributed by atoms with E-state index < -0.39 is 9.84 Å². The summed E-state index contributed by atoms with van der Waals surface area (Å²) in [7, 11) is -2.90. The first kappa shape index (κ1) is 12.4. The first-order valence-corrected chi connectivity index (χ1v) is 7.52. The van der Waals surface area contributed by atoms with Crippen LogP contribution in [-0.2, 0) is 9.84 Å². The molecule has 0 radical (unpaired) electrons. The molecular weight excluding hydrogens is 238 g/mol. The van der Waals surface area contributed by atoms with Crippen molar-refractivity contribution in [1.29, 1.82) is 0 Å². The summed E-state index contributed by atoms with van der Waals surface area (Å²) in [6, 6.07) is 7.39. The van der Waals surface area contributed by atoms with Crippen LogP contribution in [0.25, 0.3) is 0 Å². The summed E-state index contributed by atoms with van der Waals surface area (Å²) in [6.45, 7) is 1.88. The minimum absolute atomic E-state index is 0.111. The number of sulfone groups is 1. The normalized spacial score (nSPS) is 24.5. The van der Waals surface area contributed by atoms with Crippen LogP contribution >= 0.6 is 0 Å². The van der Waals surface area contributed by atoms with Crippen molar-refractivity contribution in [3.8, 4) is 5.75 Å². The minimum Gasteiger partial charge on any atom is -0.489 e. The van der Waals surface area contributed by atoms with E-state index in [1.807, 2.05) is 31.2 Å². The molecule has 1 heterocycles. The van der Waals surface area contributed by atoms with Gasteiger partial charge in [0.05, 0.1) is 11.5 Å². The van der Waals surface area contributed by atoms with Gasteiger partial charge in [-0.2, -0.15) is 0 Å². The minimum atomic E-state index is -2.90. The predicted molar refractivity (Wildman–Crippen MR) is 66.7 cm³/mol. The molecule has 2 unspecified atom stereocenters. The molecule has 0 bridgehead atoms. The van der Waals surface area contributed by atoms with E-state index in [1.165, 1.54) is 0 Å². The van der Waals surface area contributed by atoms with Gasteiger partial charge in [0.25, 0.3) is 0 Å². The highest BCUT2D eigenvalue weighted by molar-refractivity contribution is 7.91. The highest BCUT2D eigenvalue weighted by Crippen LogP contribution is 2.26.